The number of hydrogen-bond donors (Lipinski definition) is 0. The van der Waals surface area contributed by atoms with Crippen molar-refractivity contribution in [3.8, 4) is 67.3 Å². The summed E-state index contributed by atoms with van der Waals surface area (Å²) < 4.78 is 0. The third-order valence-corrected chi connectivity index (χ3v) is 9.01. The normalized spacial score (nSPS) is 12.8. The Morgan fingerprint density at radius 3 is 1.69 bits per heavy atom. The lowest BCUT2D eigenvalue weighted by molar-refractivity contribution is 0.662. The van der Waals surface area contributed by atoms with E-state index in [9.17, 15) is 0 Å². The summed E-state index contributed by atoms with van der Waals surface area (Å²) in [5, 5.41) is 0. The number of pyridine rings is 1. The van der Waals surface area contributed by atoms with E-state index < -0.39 is 0 Å². The zero-order valence-corrected chi connectivity index (χ0v) is 25.3. The summed E-state index contributed by atoms with van der Waals surface area (Å²) in [5.74, 6) is 0.659. The van der Waals surface area contributed by atoms with Crippen LogP contribution in [0.2, 0.25) is 0 Å². The minimum absolute atomic E-state index is 0.0720. The van der Waals surface area contributed by atoms with Crippen LogP contribution < -0.4 is 0 Å². The van der Waals surface area contributed by atoms with E-state index >= 15 is 0 Å². The monoisotopic (exact) mass is 577 g/mol. The van der Waals surface area contributed by atoms with Crippen molar-refractivity contribution in [1.82, 2.24) is 15.0 Å². The van der Waals surface area contributed by atoms with E-state index in [0.717, 1.165) is 28.1 Å². The molecule has 8 rings (SSSR count). The predicted octanol–water partition coefficient (Wildman–Crippen LogP) is 10.5. The predicted molar refractivity (Wildman–Crippen MR) is 185 cm³/mol. The zero-order chi connectivity index (χ0) is 30.4. The van der Waals surface area contributed by atoms with Gasteiger partial charge in [0.2, 0.25) is 0 Å². The molecule has 3 nitrogen and oxygen atoms in total. The molecule has 0 atom stereocenters. The second-order valence-electron chi connectivity index (χ2n) is 12.1. The Morgan fingerprint density at radius 2 is 1.00 bits per heavy atom. The van der Waals surface area contributed by atoms with Crippen LogP contribution in [0.25, 0.3) is 67.3 Å². The average Bonchev–Trinajstić information content (AvgIpc) is 3.35. The molecule has 0 saturated heterocycles. The first kappa shape index (κ1) is 26.9. The number of aromatic nitrogens is 3. The van der Waals surface area contributed by atoms with E-state index in [1.54, 1.807) is 6.20 Å². The maximum atomic E-state index is 5.02. The summed E-state index contributed by atoms with van der Waals surface area (Å²) in [5.41, 5.74) is 15.0. The van der Waals surface area contributed by atoms with Crippen molar-refractivity contribution in [1.29, 1.82) is 0 Å². The van der Waals surface area contributed by atoms with Crippen LogP contribution in [0.4, 0.5) is 0 Å². The molecule has 0 aliphatic heterocycles. The molecule has 2 heterocycles. The summed E-state index contributed by atoms with van der Waals surface area (Å²) >= 11 is 0. The van der Waals surface area contributed by atoms with Crippen LogP contribution in [0.1, 0.15) is 25.0 Å². The molecule has 214 valence electrons. The van der Waals surface area contributed by atoms with Gasteiger partial charge in [-0.1, -0.05) is 135 Å². The number of hydrogen-bond acceptors (Lipinski definition) is 3. The molecule has 1 aliphatic rings. The fraction of sp³-hybridized carbons (Fsp3) is 0.0714. The van der Waals surface area contributed by atoms with Gasteiger partial charge in [-0.3, -0.25) is 4.98 Å². The topological polar surface area (TPSA) is 38.7 Å². The molecule has 2 aromatic heterocycles. The van der Waals surface area contributed by atoms with Gasteiger partial charge in [-0.15, -0.1) is 0 Å². The largest absolute Gasteiger partial charge is 0.264 e. The summed E-state index contributed by atoms with van der Waals surface area (Å²) in [4.78, 5) is 14.3. The lowest BCUT2D eigenvalue weighted by Gasteiger charge is -2.24. The maximum absolute atomic E-state index is 5.02. The second kappa shape index (κ2) is 10.8. The molecule has 0 bridgehead atoms. The lowest BCUT2D eigenvalue weighted by Crippen LogP contribution is -2.16. The van der Waals surface area contributed by atoms with Gasteiger partial charge in [-0.05, 0) is 62.7 Å². The van der Waals surface area contributed by atoms with Crippen LogP contribution in [0.15, 0.2) is 152 Å². The standard InChI is InChI=1S/C42H31N3/c1-42(2)37-16-7-6-13-35(37)36-15-8-14-34(40(36)42)30-19-23-32(24-20-30)39-26-38(44-41(45-39)33-12-9-25-43-27-33)31-21-17-29(18-22-31)28-10-4-3-5-11-28/h3-27H,1-2H3. The Morgan fingerprint density at radius 1 is 0.444 bits per heavy atom. The molecule has 5 aromatic carbocycles. The second-order valence-corrected chi connectivity index (χ2v) is 12.1. The van der Waals surface area contributed by atoms with Gasteiger partial charge in [0.25, 0.3) is 0 Å². The molecule has 1 aliphatic carbocycles. The van der Waals surface area contributed by atoms with Crippen molar-refractivity contribution in [2.75, 3.05) is 0 Å². The fourth-order valence-electron chi connectivity index (χ4n) is 6.74. The Hall–Kier alpha value is -5.67. The maximum Gasteiger partial charge on any atom is 0.161 e. The van der Waals surface area contributed by atoms with Gasteiger partial charge in [-0.25, -0.2) is 9.97 Å². The first-order valence-electron chi connectivity index (χ1n) is 15.4. The van der Waals surface area contributed by atoms with Crippen molar-refractivity contribution in [3.63, 3.8) is 0 Å². The van der Waals surface area contributed by atoms with Gasteiger partial charge in [0.15, 0.2) is 5.82 Å². The van der Waals surface area contributed by atoms with Crippen LogP contribution in [0.5, 0.6) is 0 Å². The molecule has 0 saturated carbocycles. The highest BCUT2D eigenvalue weighted by Crippen LogP contribution is 2.52. The van der Waals surface area contributed by atoms with E-state index in [2.05, 4.69) is 140 Å². The van der Waals surface area contributed by atoms with E-state index in [1.165, 1.54) is 44.5 Å². The lowest BCUT2D eigenvalue weighted by atomic mass is 9.79. The molecular formula is C42H31N3. The average molecular weight is 578 g/mol. The Balaban J connectivity index is 1.19. The summed E-state index contributed by atoms with van der Waals surface area (Å²) in [7, 11) is 0. The van der Waals surface area contributed by atoms with Gasteiger partial charge in [0, 0.05) is 34.5 Å². The first-order valence-corrected chi connectivity index (χ1v) is 15.4. The smallest absolute Gasteiger partial charge is 0.161 e. The SMILES string of the molecule is CC1(C)c2ccccc2-c2cccc(-c3ccc(-c4cc(-c5ccc(-c6ccccc6)cc5)nc(-c5cccnc5)n4)cc3)c21. The van der Waals surface area contributed by atoms with Crippen molar-refractivity contribution in [2.24, 2.45) is 0 Å². The van der Waals surface area contributed by atoms with Crippen molar-refractivity contribution in [3.05, 3.63) is 163 Å². The van der Waals surface area contributed by atoms with E-state index in [4.69, 9.17) is 9.97 Å². The van der Waals surface area contributed by atoms with Crippen LogP contribution >= 0.6 is 0 Å². The van der Waals surface area contributed by atoms with Gasteiger partial charge < -0.3 is 0 Å². The van der Waals surface area contributed by atoms with Gasteiger partial charge in [-0.2, -0.15) is 0 Å². The Labute approximate surface area is 264 Å². The molecule has 3 heteroatoms. The molecule has 0 unspecified atom stereocenters. The molecular weight excluding hydrogens is 546 g/mol. The number of rotatable bonds is 5. The summed E-state index contributed by atoms with van der Waals surface area (Å²) in [6, 6.07) is 49.4. The van der Waals surface area contributed by atoms with Crippen LogP contribution in [0, 0.1) is 0 Å². The quantitative estimate of drug-likeness (QED) is 0.204. The molecule has 0 amide bonds. The fourth-order valence-corrected chi connectivity index (χ4v) is 6.74. The summed E-state index contributed by atoms with van der Waals surface area (Å²) in [6.45, 7) is 4.68. The minimum atomic E-state index is -0.0720. The van der Waals surface area contributed by atoms with Crippen molar-refractivity contribution < 1.29 is 0 Å². The Bertz CT molecular complexity index is 2150. The van der Waals surface area contributed by atoms with Crippen LogP contribution in [-0.2, 0) is 5.41 Å². The highest BCUT2D eigenvalue weighted by Gasteiger charge is 2.37. The van der Waals surface area contributed by atoms with E-state index in [1.807, 2.05) is 24.4 Å². The van der Waals surface area contributed by atoms with Crippen molar-refractivity contribution in [2.45, 2.75) is 19.3 Å². The van der Waals surface area contributed by atoms with E-state index in [0.29, 0.717) is 5.82 Å². The van der Waals surface area contributed by atoms with E-state index in [-0.39, 0.29) is 5.41 Å². The summed E-state index contributed by atoms with van der Waals surface area (Å²) in [6.07, 6.45) is 3.59. The minimum Gasteiger partial charge on any atom is -0.264 e. The molecule has 0 radical (unpaired) electrons. The number of nitrogens with zero attached hydrogens (tertiary/aromatic N) is 3. The Kier molecular flexibility index (Phi) is 6.46. The highest BCUT2D eigenvalue weighted by atomic mass is 14.9. The third kappa shape index (κ3) is 4.74. The van der Waals surface area contributed by atoms with Crippen molar-refractivity contribution >= 4 is 0 Å². The molecule has 0 fully saturated rings. The molecule has 0 spiro atoms. The number of fused-ring (bicyclic) bond motifs is 3. The highest BCUT2D eigenvalue weighted by molar-refractivity contribution is 5.88. The van der Waals surface area contributed by atoms with Crippen LogP contribution in [0.3, 0.4) is 0 Å². The zero-order valence-electron chi connectivity index (χ0n) is 25.3. The first-order chi connectivity index (χ1) is 22.1. The van der Waals surface area contributed by atoms with Gasteiger partial charge >= 0.3 is 0 Å². The molecule has 0 N–H and O–H groups in total. The van der Waals surface area contributed by atoms with Gasteiger partial charge in [0.05, 0.1) is 11.4 Å². The third-order valence-electron chi connectivity index (χ3n) is 9.01. The van der Waals surface area contributed by atoms with Crippen LogP contribution in [-0.4, -0.2) is 15.0 Å². The molecule has 7 aromatic rings. The van der Waals surface area contributed by atoms with Gasteiger partial charge in [0.1, 0.15) is 0 Å². The molecule has 45 heavy (non-hydrogen) atoms. The number of benzene rings is 5.